The van der Waals surface area contributed by atoms with Gasteiger partial charge in [0.15, 0.2) is 0 Å². The minimum Gasteiger partial charge on any atom is -0.508 e. The van der Waals surface area contributed by atoms with Gasteiger partial charge in [-0.2, -0.15) is 0 Å². The van der Waals surface area contributed by atoms with E-state index in [9.17, 15) is 4.79 Å². The minimum absolute atomic E-state index is 0.00295. The topological polar surface area (TPSA) is 92.8 Å². The second-order valence-corrected chi connectivity index (χ2v) is 2.74. The summed E-state index contributed by atoms with van der Waals surface area (Å²) >= 11 is 0. The minimum atomic E-state index is -1.15. The van der Waals surface area contributed by atoms with Crippen molar-refractivity contribution in [1.82, 2.24) is 0 Å². The Labute approximate surface area is 80.7 Å². The van der Waals surface area contributed by atoms with Gasteiger partial charge >= 0.3 is 5.97 Å². The molecule has 0 radical (unpaired) electrons. The van der Waals surface area contributed by atoms with Crippen LogP contribution in [-0.4, -0.2) is 23.3 Å². The van der Waals surface area contributed by atoms with Crippen LogP contribution in [0.15, 0.2) is 18.2 Å². The first-order chi connectivity index (χ1) is 6.56. The standard InChI is InChI=1S/C9H11NO4/c1-14-7-4-5(11)2-3-6(7)8(10)9(12)13/h2-4,8,11H,10H2,1H3,(H,12,13)/t8-/m1/s1. The average Bonchev–Trinajstić information content (AvgIpc) is 2.16. The summed E-state index contributed by atoms with van der Waals surface area (Å²) in [5.74, 6) is -0.878. The van der Waals surface area contributed by atoms with E-state index in [0.29, 0.717) is 5.56 Å². The molecule has 0 saturated carbocycles. The van der Waals surface area contributed by atoms with E-state index in [-0.39, 0.29) is 11.5 Å². The van der Waals surface area contributed by atoms with Gasteiger partial charge in [-0.3, -0.25) is 4.79 Å². The molecule has 0 aliphatic heterocycles. The van der Waals surface area contributed by atoms with Crippen LogP contribution < -0.4 is 10.5 Å². The maximum absolute atomic E-state index is 10.6. The number of hydrogen-bond donors (Lipinski definition) is 3. The first-order valence-electron chi connectivity index (χ1n) is 3.91. The molecule has 1 atom stereocenters. The van der Waals surface area contributed by atoms with E-state index in [2.05, 4.69) is 0 Å². The summed E-state index contributed by atoms with van der Waals surface area (Å²) in [5.41, 5.74) is 5.73. The summed E-state index contributed by atoms with van der Waals surface area (Å²) in [5, 5.41) is 17.8. The lowest BCUT2D eigenvalue weighted by molar-refractivity contribution is -0.138. The average molecular weight is 197 g/mol. The molecule has 0 saturated heterocycles. The van der Waals surface area contributed by atoms with Crippen LogP contribution in [0.4, 0.5) is 0 Å². The van der Waals surface area contributed by atoms with Crippen LogP contribution in [0.5, 0.6) is 11.5 Å². The van der Waals surface area contributed by atoms with Crippen molar-refractivity contribution in [1.29, 1.82) is 0 Å². The first kappa shape index (κ1) is 10.3. The molecule has 0 aliphatic carbocycles. The van der Waals surface area contributed by atoms with E-state index in [1.165, 1.54) is 25.3 Å². The number of hydrogen-bond acceptors (Lipinski definition) is 4. The van der Waals surface area contributed by atoms with Crippen LogP contribution in [0.3, 0.4) is 0 Å². The second-order valence-electron chi connectivity index (χ2n) is 2.74. The van der Waals surface area contributed by atoms with Crippen LogP contribution in [0.1, 0.15) is 11.6 Å². The predicted molar refractivity (Wildman–Crippen MR) is 49.2 cm³/mol. The third kappa shape index (κ3) is 1.94. The number of phenols is 1. The fourth-order valence-electron chi connectivity index (χ4n) is 1.09. The van der Waals surface area contributed by atoms with Crippen molar-refractivity contribution in [3.63, 3.8) is 0 Å². The van der Waals surface area contributed by atoms with Crippen LogP contribution in [0.25, 0.3) is 0 Å². The number of ether oxygens (including phenoxy) is 1. The molecule has 0 spiro atoms. The number of nitrogens with two attached hydrogens (primary N) is 1. The maximum Gasteiger partial charge on any atom is 0.325 e. The lowest BCUT2D eigenvalue weighted by Gasteiger charge is -2.11. The van der Waals surface area contributed by atoms with Gasteiger partial charge in [-0.1, -0.05) is 0 Å². The third-order valence-corrected chi connectivity index (χ3v) is 1.82. The number of methoxy groups -OCH3 is 1. The molecule has 0 aliphatic rings. The summed E-state index contributed by atoms with van der Waals surface area (Å²) in [6.45, 7) is 0. The Morgan fingerprint density at radius 2 is 2.21 bits per heavy atom. The number of aromatic hydroxyl groups is 1. The first-order valence-corrected chi connectivity index (χ1v) is 3.91. The molecule has 0 bridgehead atoms. The molecule has 76 valence electrons. The van der Waals surface area contributed by atoms with Gasteiger partial charge in [0.25, 0.3) is 0 Å². The Kier molecular flexibility index (Phi) is 2.93. The van der Waals surface area contributed by atoms with Crippen molar-refractivity contribution in [3.8, 4) is 11.5 Å². The highest BCUT2D eigenvalue weighted by Crippen LogP contribution is 2.27. The second kappa shape index (κ2) is 3.97. The molecule has 0 aromatic heterocycles. The largest absolute Gasteiger partial charge is 0.508 e. The smallest absolute Gasteiger partial charge is 0.325 e. The van der Waals surface area contributed by atoms with Gasteiger partial charge in [0.05, 0.1) is 7.11 Å². The van der Waals surface area contributed by atoms with E-state index in [4.69, 9.17) is 20.7 Å². The molecule has 0 unspecified atom stereocenters. The Morgan fingerprint density at radius 3 is 2.71 bits per heavy atom. The maximum atomic E-state index is 10.6. The Bertz CT molecular complexity index is 351. The number of carboxylic acid groups (broad SMARTS) is 1. The summed E-state index contributed by atoms with van der Waals surface area (Å²) in [7, 11) is 1.38. The molecular weight excluding hydrogens is 186 g/mol. The number of benzene rings is 1. The van der Waals surface area contributed by atoms with Crippen LogP contribution in [0, 0.1) is 0 Å². The van der Waals surface area contributed by atoms with E-state index in [1.807, 2.05) is 0 Å². The summed E-state index contributed by atoms with van der Waals surface area (Å²) in [4.78, 5) is 10.6. The van der Waals surface area contributed by atoms with E-state index in [1.54, 1.807) is 0 Å². The van der Waals surface area contributed by atoms with Crippen molar-refractivity contribution in [2.24, 2.45) is 5.73 Å². The zero-order valence-electron chi connectivity index (χ0n) is 7.60. The van der Waals surface area contributed by atoms with Crippen molar-refractivity contribution < 1.29 is 19.7 Å². The molecule has 0 fully saturated rings. The molecule has 1 aromatic carbocycles. The van der Waals surface area contributed by atoms with Gasteiger partial charge in [-0.05, 0) is 12.1 Å². The van der Waals surface area contributed by atoms with Gasteiger partial charge in [0.1, 0.15) is 17.5 Å². The summed E-state index contributed by atoms with van der Waals surface area (Å²) < 4.78 is 4.89. The van der Waals surface area contributed by atoms with Crippen molar-refractivity contribution in [2.75, 3.05) is 7.11 Å². The zero-order valence-corrected chi connectivity index (χ0v) is 7.60. The van der Waals surface area contributed by atoms with Crippen molar-refractivity contribution in [2.45, 2.75) is 6.04 Å². The van der Waals surface area contributed by atoms with Gasteiger partial charge in [0, 0.05) is 11.6 Å². The van der Waals surface area contributed by atoms with Crippen LogP contribution in [0.2, 0.25) is 0 Å². The molecule has 0 heterocycles. The highest BCUT2D eigenvalue weighted by molar-refractivity contribution is 5.76. The molecule has 4 N–H and O–H groups in total. The normalized spacial score (nSPS) is 12.1. The molecule has 1 aromatic rings. The van der Waals surface area contributed by atoms with Crippen molar-refractivity contribution >= 4 is 5.97 Å². The van der Waals surface area contributed by atoms with E-state index in [0.717, 1.165) is 0 Å². The molecular formula is C9H11NO4. The highest BCUT2D eigenvalue weighted by atomic mass is 16.5. The number of rotatable bonds is 3. The fraction of sp³-hybridized carbons (Fsp3) is 0.222. The van der Waals surface area contributed by atoms with Gasteiger partial charge in [-0.25, -0.2) is 0 Å². The van der Waals surface area contributed by atoms with Gasteiger partial charge in [0.2, 0.25) is 0 Å². The summed E-state index contributed by atoms with van der Waals surface area (Å²) in [6.07, 6.45) is 0. The fourth-order valence-corrected chi connectivity index (χ4v) is 1.09. The number of phenolic OH excluding ortho intramolecular Hbond substituents is 1. The van der Waals surface area contributed by atoms with E-state index >= 15 is 0 Å². The number of aliphatic carboxylic acids is 1. The Morgan fingerprint density at radius 1 is 1.57 bits per heavy atom. The highest BCUT2D eigenvalue weighted by Gasteiger charge is 2.18. The third-order valence-electron chi connectivity index (χ3n) is 1.82. The van der Waals surface area contributed by atoms with Crippen molar-refractivity contribution in [3.05, 3.63) is 23.8 Å². The quantitative estimate of drug-likeness (QED) is 0.655. The number of carboxylic acids is 1. The molecule has 0 amide bonds. The lowest BCUT2D eigenvalue weighted by atomic mass is 10.1. The molecule has 5 nitrogen and oxygen atoms in total. The zero-order chi connectivity index (χ0) is 10.7. The van der Waals surface area contributed by atoms with Crippen LogP contribution >= 0.6 is 0 Å². The SMILES string of the molecule is COc1cc(O)ccc1[C@@H](N)C(=O)O. The predicted octanol–water partition coefficient (Wildman–Crippen LogP) is 0.485. The molecule has 5 heteroatoms. The summed E-state index contributed by atoms with van der Waals surface area (Å²) in [6, 6.07) is 2.96. The van der Waals surface area contributed by atoms with Crippen LogP contribution in [-0.2, 0) is 4.79 Å². The molecule has 14 heavy (non-hydrogen) atoms. The van der Waals surface area contributed by atoms with E-state index < -0.39 is 12.0 Å². The Balaban J connectivity index is 3.13. The Hall–Kier alpha value is -1.75. The monoisotopic (exact) mass is 197 g/mol. The lowest BCUT2D eigenvalue weighted by Crippen LogP contribution is -2.21. The molecule has 1 rings (SSSR count). The van der Waals surface area contributed by atoms with Gasteiger partial charge in [-0.15, -0.1) is 0 Å². The number of carbonyl (C=O) groups is 1. The van der Waals surface area contributed by atoms with Gasteiger partial charge < -0.3 is 20.7 Å².